The Morgan fingerprint density at radius 3 is 1.57 bits per heavy atom. The van der Waals surface area contributed by atoms with Gasteiger partial charge >= 0.3 is 21.1 Å². The molecule has 4 bridgehead atoms. The topological polar surface area (TPSA) is 6.48 Å². The molecule has 0 spiro atoms. The van der Waals surface area contributed by atoms with Crippen molar-refractivity contribution in [3.8, 4) is 22.3 Å². The van der Waals surface area contributed by atoms with E-state index in [1.54, 1.807) is 0 Å². The Hall–Kier alpha value is -1.73. The molecule has 144 valence electrons. The first kappa shape index (κ1) is 21.0. The number of rotatable bonds is 0. The molecule has 0 fully saturated rings. The molecular weight excluding hydrogens is 523 g/mol. The van der Waals surface area contributed by atoms with Crippen LogP contribution in [0.1, 0.15) is 17.5 Å². The standard InChI is InChI=1S/C25H26N2.Pt/c1-26-14-7-15-27(2)19-21-9-6-11-23(17-21)25-13-4-3-12-24(25)22-10-5-8-20(16-22)18-26;/h3-6,8-13H,7,14-15,18-19H2,1-2H3;/q-2;+4. The van der Waals surface area contributed by atoms with Crippen molar-refractivity contribution in [2.24, 2.45) is 0 Å². The average Bonchev–Trinajstić information content (AvgIpc) is 2.68. The molecule has 3 aromatic rings. The summed E-state index contributed by atoms with van der Waals surface area (Å²) < 4.78 is 0. The molecule has 28 heavy (non-hydrogen) atoms. The summed E-state index contributed by atoms with van der Waals surface area (Å²) in [6.45, 7) is 4.03. The third kappa shape index (κ3) is 5.00. The van der Waals surface area contributed by atoms with Crippen LogP contribution in [0, 0.1) is 12.1 Å². The predicted octanol–water partition coefficient (Wildman–Crippen LogP) is 4.89. The van der Waals surface area contributed by atoms with Gasteiger partial charge in [-0.15, -0.1) is 82.9 Å². The molecule has 0 atom stereocenters. The smallest absolute Gasteiger partial charge is 0.304 e. The van der Waals surface area contributed by atoms with Crippen molar-refractivity contribution in [2.45, 2.75) is 19.5 Å². The minimum atomic E-state index is 0. The largest absolute Gasteiger partial charge is 4.00 e. The van der Waals surface area contributed by atoms with Crippen molar-refractivity contribution in [2.75, 3.05) is 27.2 Å². The third-order valence-corrected chi connectivity index (χ3v) is 5.18. The molecule has 0 radical (unpaired) electrons. The summed E-state index contributed by atoms with van der Waals surface area (Å²) in [4.78, 5) is 4.78. The summed E-state index contributed by atoms with van der Waals surface area (Å²) in [5, 5.41) is 0. The van der Waals surface area contributed by atoms with Crippen molar-refractivity contribution in [3.63, 3.8) is 0 Å². The normalized spacial score (nSPS) is 15.6. The van der Waals surface area contributed by atoms with Crippen LogP contribution < -0.4 is 0 Å². The zero-order valence-electron chi connectivity index (χ0n) is 16.5. The van der Waals surface area contributed by atoms with E-state index in [1.165, 1.54) is 22.3 Å². The van der Waals surface area contributed by atoms with Gasteiger partial charge in [-0.3, -0.25) is 0 Å². The summed E-state index contributed by atoms with van der Waals surface area (Å²) >= 11 is 0. The van der Waals surface area contributed by atoms with Crippen molar-refractivity contribution in [1.29, 1.82) is 0 Å². The maximum atomic E-state index is 3.65. The van der Waals surface area contributed by atoms with Gasteiger partial charge in [0.15, 0.2) is 0 Å². The molecule has 0 amide bonds. The summed E-state index contributed by atoms with van der Waals surface area (Å²) in [5.41, 5.74) is 7.23. The van der Waals surface area contributed by atoms with Gasteiger partial charge in [0.1, 0.15) is 0 Å². The van der Waals surface area contributed by atoms with Gasteiger partial charge < -0.3 is 9.80 Å². The van der Waals surface area contributed by atoms with Crippen LogP contribution in [0.4, 0.5) is 0 Å². The second kappa shape index (κ2) is 9.65. The Morgan fingerprint density at radius 2 is 1.11 bits per heavy atom. The van der Waals surface area contributed by atoms with E-state index in [2.05, 4.69) is 96.7 Å². The predicted molar refractivity (Wildman–Crippen MR) is 112 cm³/mol. The number of nitrogens with zero attached hydrogens (tertiary/aromatic N) is 2. The van der Waals surface area contributed by atoms with Crippen molar-refractivity contribution in [1.82, 2.24) is 9.80 Å². The molecule has 0 unspecified atom stereocenters. The molecule has 0 N–H and O–H groups in total. The second-order valence-corrected chi connectivity index (χ2v) is 7.55. The molecule has 0 saturated heterocycles. The van der Waals surface area contributed by atoms with Crippen molar-refractivity contribution in [3.05, 3.63) is 83.9 Å². The molecule has 0 aromatic heterocycles. The minimum absolute atomic E-state index is 0. The quantitative estimate of drug-likeness (QED) is 0.369. The molecule has 0 aliphatic carbocycles. The first-order valence-electron chi connectivity index (χ1n) is 9.68. The number of hydrogen-bond donors (Lipinski definition) is 0. The van der Waals surface area contributed by atoms with Crippen LogP contribution in [0.5, 0.6) is 0 Å². The van der Waals surface area contributed by atoms with Gasteiger partial charge in [-0.05, 0) is 33.6 Å². The second-order valence-electron chi connectivity index (χ2n) is 7.55. The van der Waals surface area contributed by atoms with E-state index in [9.17, 15) is 0 Å². The van der Waals surface area contributed by atoms with Crippen LogP contribution in [-0.2, 0) is 34.2 Å². The molecular formula is C25H26N2Pt+2. The molecule has 3 aromatic carbocycles. The van der Waals surface area contributed by atoms with Gasteiger partial charge in [-0.25, -0.2) is 0 Å². The van der Waals surface area contributed by atoms with Crippen molar-refractivity contribution < 1.29 is 21.1 Å². The molecule has 2 nitrogen and oxygen atoms in total. The Balaban J connectivity index is 0.00000225. The number of benzene rings is 3. The Kier molecular flexibility index (Phi) is 7.23. The van der Waals surface area contributed by atoms with E-state index in [-0.39, 0.29) is 21.1 Å². The van der Waals surface area contributed by atoms with Crippen LogP contribution >= 0.6 is 0 Å². The summed E-state index contributed by atoms with van der Waals surface area (Å²) in [6, 6.07) is 28.9. The van der Waals surface area contributed by atoms with Crippen LogP contribution in [-0.4, -0.2) is 37.0 Å². The van der Waals surface area contributed by atoms with E-state index in [0.29, 0.717) is 0 Å². The molecule has 1 aliphatic heterocycles. The Bertz CT molecular complexity index is 847. The zero-order chi connectivity index (χ0) is 18.6. The molecule has 1 heterocycles. The molecule has 1 aliphatic rings. The van der Waals surface area contributed by atoms with Gasteiger partial charge in [0.25, 0.3) is 0 Å². The molecule has 4 rings (SSSR count). The monoisotopic (exact) mass is 549 g/mol. The van der Waals surface area contributed by atoms with Gasteiger partial charge in [0.2, 0.25) is 0 Å². The summed E-state index contributed by atoms with van der Waals surface area (Å²) in [7, 11) is 4.40. The van der Waals surface area contributed by atoms with Crippen LogP contribution in [0.15, 0.2) is 60.7 Å². The van der Waals surface area contributed by atoms with Gasteiger partial charge in [-0.2, -0.15) is 11.1 Å². The van der Waals surface area contributed by atoms with E-state index < -0.39 is 0 Å². The Morgan fingerprint density at radius 1 is 0.643 bits per heavy atom. The average molecular weight is 550 g/mol. The minimum Gasteiger partial charge on any atom is -0.304 e. The summed E-state index contributed by atoms with van der Waals surface area (Å²) in [6.07, 6.45) is 1.16. The summed E-state index contributed by atoms with van der Waals surface area (Å²) in [5.74, 6) is 0. The third-order valence-electron chi connectivity index (χ3n) is 5.18. The van der Waals surface area contributed by atoms with Gasteiger partial charge in [0, 0.05) is 13.1 Å². The van der Waals surface area contributed by atoms with Gasteiger partial charge in [-0.1, -0.05) is 12.1 Å². The molecule has 3 heteroatoms. The van der Waals surface area contributed by atoms with Crippen molar-refractivity contribution >= 4 is 0 Å². The van der Waals surface area contributed by atoms with Gasteiger partial charge in [0.05, 0.1) is 0 Å². The van der Waals surface area contributed by atoms with E-state index in [4.69, 9.17) is 0 Å². The van der Waals surface area contributed by atoms with E-state index in [0.717, 1.165) is 43.7 Å². The first-order valence-corrected chi connectivity index (χ1v) is 9.68. The van der Waals surface area contributed by atoms with Crippen LogP contribution in [0.2, 0.25) is 0 Å². The fraction of sp³-hybridized carbons (Fsp3) is 0.280. The van der Waals surface area contributed by atoms with Crippen LogP contribution in [0.3, 0.4) is 0 Å². The van der Waals surface area contributed by atoms with Crippen LogP contribution in [0.25, 0.3) is 22.3 Å². The first-order chi connectivity index (χ1) is 13.2. The Labute approximate surface area is 183 Å². The fourth-order valence-electron chi connectivity index (χ4n) is 3.84. The maximum Gasteiger partial charge on any atom is 4.00 e. The molecule has 0 saturated carbocycles. The van der Waals surface area contributed by atoms with E-state index >= 15 is 0 Å². The number of fused-ring (bicyclic) bond motifs is 7. The fourth-order valence-corrected chi connectivity index (χ4v) is 3.84. The number of hydrogen-bond acceptors (Lipinski definition) is 2. The van der Waals surface area contributed by atoms with E-state index in [1.807, 2.05) is 0 Å². The SMILES string of the molecule is CN1CCCN(C)Cc2[c-]c(ccc2)-c2ccccc2-c2[c-]c(ccc2)C1.[Pt+4]. The zero-order valence-corrected chi connectivity index (χ0v) is 18.8. The maximum absolute atomic E-state index is 3.65.